The number of rotatable bonds is 9. The van der Waals surface area contributed by atoms with Gasteiger partial charge in [-0.25, -0.2) is 9.59 Å². The lowest BCUT2D eigenvalue weighted by Crippen LogP contribution is -2.75. The van der Waals surface area contributed by atoms with Gasteiger partial charge in [-0.2, -0.15) is 0 Å². The number of fused-ring (bicyclic) bond motifs is 7. The summed E-state index contributed by atoms with van der Waals surface area (Å²) in [6.07, 6.45) is 14.0. The van der Waals surface area contributed by atoms with Crippen LogP contribution in [-0.2, 0) is 31.0 Å². The summed E-state index contributed by atoms with van der Waals surface area (Å²) in [5.41, 5.74) is 7.12. The SMILES string of the molecule is CC=C(CCO)C(=O)OC1(C)C(CO)C=C2CSSC3CC4C(=O)C=CC5C(C4NC)C3N5C(=O)CC3=C(C=C(N)NC3)C2C12Cc1cc3cc(C4(CCO)CCCC4)c(=O)oc3cc1O2. The number of carbonyl (C=O) groups is 3. The standard InChI is InChI=1S/C50H60N4O10S2/c1-4-26(9-13-55)46(60)64-48(2)31(24-57)16-30-25-65-66-39-19-33-36(58)8-7-35-42(44(33)52-3)45(39)54(35)41(59)18-29-23-53-40(51)20-32(29)43(30)50(48)22-28-15-27-17-34(49(12-14-56)10-5-6-11-49)47(61)62-37(27)21-38(28)63-50/h4,7-8,15-17,20-21,31,33,35,39,42-45,52-53,55-57H,5-6,9-14,18-19,22-25,51H2,1-3H3. The Morgan fingerprint density at radius 3 is 2.67 bits per heavy atom. The van der Waals surface area contributed by atoms with Crippen molar-refractivity contribution in [1.82, 2.24) is 15.5 Å². The minimum atomic E-state index is -1.57. The van der Waals surface area contributed by atoms with E-state index in [1.165, 1.54) is 0 Å². The number of amides is 1. The maximum absolute atomic E-state index is 15.0. The normalized spacial score (nSPS) is 34.5. The number of ether oxygens (including phenoxy) is 2. The fourth-order valence-corrected chi connectivity index (χ4v) is 16.4. The number of dihydropyridines is 1. The van der Waals surface area contributed by atoms with Gasteiger partial charge in [0.05, 0.1) is 36.9 Å². The third-order valence-electron chi connectivity index (χ3n) is 16.6. The summed E-state index contributed by atoms with van der Waals surface area (Å²) in [4.78, 5) is 58.9. The second kappa shape index (κ2) is 17.3. The number of benzene rings is 1. The van der Waals surface area contributed by atoms with Gasteiger partial charge in [0.25, 0.3) is 0 Å². The monoisotopic (exact) mass is 940 g/mol. The van der Waals surface area contributed by atoms with Gasteiger partial charge in [0.1, 0.15) is 11.3 Å². The van der Waals surface area contributed by atoms with Crippen molar-refractivity contribution in [2.75, 3.05) is 39.2 Å². The van der Waals surface area contributed by atoms with E-state index in [1.807, 2.05) is 42.3 Å². The maximum atomic E-state index is 15.0. The summed E-state index contributed by atoms with van der Waals surface area (Å²) in [5.74, 6) is -0.892. The van der Waals surface area contributed by atoms with Crippen molar-refractivity contribution in [3.63, 3.8) is 0 Å². The van der Waals surface area contributed by atoms with Gasteiger partial charge in [0.2, 0.25) is 5.91 Å². The number of nitrogens with two attached hydrogens (primary N) is 1. The number of carbonyl (C=O) groups excluding carboxylic acids is 3. The lowest BCUT2D eigenvalue weighted by atomic mass is 9.57. The Labute approximate surface area is 391 Å². The molecule has 1 saturated heterocycles. The fraction of sp³-hybridized carbons (Fsp3) is 0.560. The number of aliphatic hydroxyl groups excluding tert-OH is 3. The fourth-order valence-electron chi connectivity index (χ4n) is 13.3. The number of hydrogen-bond donors (Lipinski definition) is 6. The Morgan fingerprint density at radius 1 is 1.14 bits per heavy atom. The molecular weight excluding hydrogens is 881 g/mol. The largest absolute Gasteiger partial charge is 0.481 e. The van der Waals surface area contributed by atoms with E-state index in [2.05, 4.69) is 10.6 Å². The summed E-state index contributed by atoms with van der Waals surface area (Å²) < 4.78 is 20.3. The van der Waals surface area contributed by atoms with Gasteiger partial charge in [-0.3, -0.25) is 9.59 Å². The van der Waals surface area contributed by atoms with E-state index in [-0.39, 0.29) is 91.5 Å². The van der Waals surface area contributed by atoms with Crippen molar-refractivity contribution < 1.29 is 43.6 Å². The Morgan fingerprint density at radius 2 is 1.94 bits per heavy atom. The van der Waals surface area contributed by atoms with Crippen molar-refractivity contribution in [3.05, 3.63) is 98.2 Å². The van der Waals surface area contributed by atoms with Crippen LogP contribution in [-0.4, -0.2) is 112 Å². The van der Waals surface area contributed by atoms with Crippen molar-refractivity contribution in [3.8, 4) is 5.75 Å². The molecule has 10 atom stereocenters. The van der Waals surface area contributed by atoms with E-state index in [9.17, 15) is 29.7 Å². The summed E-state index contributed by atoms with van der Waals surface area (Å²) in [5, 5.41) is 39.0. The molecule has 4 aliphatic heterocycles. The number of nitrogens with zero attached hydrogens (tertiary/aromatic N) is 1. The molecule has 66 heavy (non-hydrogen) atoms. The molecule has 1 amide bonds. The van der Waals surface area contributed by atoms with E-state index in [0.717, 1.165) is 48.0 Å². The number of allylic oxidation sites excluding steroid dienone is 3. The third-order valence-corrected chi connectivity index (χ3v) is 19.4. The molecule has 2 bridgehead atoms. The lowest BCUT2D eigenvalue weighted by Gasteiger charge is -2.62. The van der Waals surface area contributed by atoms with E-state index < -0.39 is 46.7 Å². The zero-order chi connectivity index (χ0) is 46.3. The molecule has 352 valence electrons. The van der Waals surface area contributed by atoms with E-state index in [4.69, 9.17) is 19.6 Å². The molecule has 10 unspecified atom stereocenters. The van der Waals surface area contributed by atoms with Crippen LogP contribution < -0.4 is 26.7 Å². The molecule has 1 aromatic carbocycles. The molecule has 1 spiro atoms. The highest BCUT2D eigenvalue weighted by Gasteiger charge is 2.68. The molecule has 14 nitrogen and oxygen atoms in total. The molecule has 2 saturated carbocycles. The molecule has 3 fully saturated rings. The second-order valence-electron chi connectivity index (χ2n) is 19.7. The van der Waals surface area contributed by atoms with Gasteiger partial charge in [-0.1, -0.05) is 58.2 Å². The van der Waals surface area contributed by atoms with Crippen LogP contribution in [0.25, 0.3) is 11.0 Å². The minimum Gasteiger partial charge on any atom is -0.481 e. The van der Waals surface area contributed by atoms with Crippen LogP contribution in [0.4, 0.5) is 0 Å². The highest BCUT2D eigenvalue weighted by Crippen LogP contribution is 2.60. The molecule has 16 heteroatoms. The first kappa shape index (κ1) is 45.5. The highest BCUT2D eigenvalue weighted by atomic mass is 33.1. The van der Waals surface area contributed by atoms with E-state index in [1.54, 1.807) is 53.7 Å². The second-order valence-corrected chi connectivity index (χ2v) is 22.3. The zero-order valence-electron chi connectivity index (χ0n) is 37.7. The van der Waals surface area contributed by atoms with Crippen LogP contribution >= 0.6 is 21.6 Å². The summed E-state index contributed by atoms with van der Waals surface area (Å²) in [7, 11) is 5.26. The van der Waals surface area contributed by atoms with Crippen molar-refractivity contribution in [2.45, 2.75) is 112 Å². The van der Waals surface area contributed by atoms with Crippen molar-refractivity contribution in [2.24, 2.45) is 29.4 Å². The number of aliphatic hydroxyl groups is 3. The average molecular weight is 941 g/mol. The molecule has 0 radical (unpaired) electrons. The summed E-state index contributed by atoms with van der Waals surface area (Å²) in [6.45, 7) is 3.08. The summed E-state index contributed by atoms with van der Waals surface area (Å²) in [6, 6.07) is 5.26. The van der Waals surface area contributed by atoms with Crippen LogP contribution in [0.2, 0.25) is 0 Å². The molecule has 8 aliphatic rings. The number of nitrogens with one attached hydrogen (secondary N) is 2. The molecule has 4 aliphatic carbocycles. The molecule has 1 aromatic heterocycles. The first-order valence-electron chi connectivity index (χ1n) is 23.5. The third kappa shape index (κ3) is 6.97. The van der Waals surface area contributed by atoms with E-state index >= 15 is 4.79 Å². The molecular formula is C50H60N4O10S2. The lowest BCUT2D eigenvalue weighted by molar-refractivity contribution is -0.202. The quantitative estimate of drug-likeness (QED) is 0.0682. The molecule has 5 heterocycles. The Hall–Kier alpha value is -4.32. The number of hydrogen-bond acceptors (Lipinski definition) is 15. The minimum absolute atomic E-state index is 0.0199. The predicted octanol–water partition coefficient (Wildman–Crippen LogP) is 4.25. The Kier molecular flexibility index (Phi) is 11.9. The Balaban J connectivity index is 1.15. The van der Waals surface area contributed by atoms with Crippen LogP contribution in [0.1, 0.15) is 76.3 Å². The van der Waals surface area contributed by atoms with Crippen LogP contribution in [0.5, 0.6) is 5.75 Å². The molecule has 7 N–H and O–H groups in total. The average Bonchev–Trinajstić information content (AvgIpc) is 3.91. The smallest absolute Gasteiger partial charge is 0.340 e. The summed E-state index contributed by atoms with van der Waals surface area (Å²) >= 11 is 0. The van der Waals surface area contributed by atoms with Crippen LogP contribution in [0, 0.1) is 23.7 Å². The topological polar surface area (TPSA) is 214 Å². The van der Waals surface area contributed by atoms with Gasteiger partial charge in [0, 0.05) is 95.4 Å². The van der Waals surface area contributed by atoms with Crippen molar-refractivity contribution in [1.29, 1.82) is 0 Å². The van der Waals surface area contributed by atoms with Crippen LogP contribution in [0.15, 0.2) is 85.9 Å². The molecule has 10 rings (SSSR count). The first-order valence-corrected chi connectivity index (χ1v) is 25.9. The highest BCUT2D eigenvalue weighted by molar-refractivity contribution is 8.77. The Bertz CT molecular complexity index is 2580. The van der Waals surface area contributed by atoms with Gasteiger partial charge in [0.15, 0.2) is 17.0 Å². The van der Waals surface area contributed by atoms with E-state index in [0.29, 0.717) is 46.7 Å². The number of esters is 1. The van der Waals surface area contributed by atoms with Crippen LogP contribution in [0.3, 0.4) is 0 Å². The predicted molar refractivity (Wildman–Crippen MR) is 252 cm³/mol. The molecule has 2 aromatic rings. The number of ketones is 1. The van der Waals surface area contributed by atoms with Crippen molar-refractivity contribution >= 4 is 50.2 Å². The van der Waals surface area contributed by atoms with Gasteiger partial charge >= 0.3 is 11.6 Å². The first-order chi connectivity index (χ1) is 31.8. The zero-order valence-corrected chi connectivity index (χ0v) is 39.3. The van der Waals surface area contributed by atoms with Gasteiger partial charge < -0.3 is 50.5 Å². The van der Waals surface area contributed by atoms with Gasteiger partial charge in [-0.05, 0) is 87.6 Å². The van der Waals surface area contributed by atoms with Gasteiger partial charge in [-0.15, -0.1) is 0 Å². The maximum Gasteiger partial charge on any atom is 0.340 e.